The lowest BCUT2D eigenvalue weighted by Gasteiger charge is -2.14. The average molecular weight is 382 g/mol. The summed E-state index contributed by atoms with van der Waals surface area (Å²) in [4.78, 5) is 0.844. The molecule has 132 valence electrons. The molecule has 23 heavy (non-hydrogen) atoms. The van der Waals surface area contributed by atoms with Crippen molar-refractivity contribution >= 4 is 31.4 Å². The van der Waals surface area contributed by atoms with Crippen molar-refractivity contribution in [2.45, 2.75) is 24.0 Å². The summed E-state index contributed by atoms with van der Waals surface area (Å²) >= 11 is 1.20. The van der Waals surface area contributed by atoms with Crippen LogP contribution in [-0.2, 0) is 26.5 Å². The highest BCUT2D eigenvalue weighted by Gasteiger charge is 2.32. The number of sulfonamides is 2. The summed E-state index contributed by atoms with van der Waals surface area (Å²) in [5.41, 5.74) is 5.61. The predicted octanol–water partition coefficient (Wildman–Crippen LogP) is 0.199. The fourth-order valence-corrected chi connectivity index (χ4v) is 6.06. The van der Waals surface area contributed by atoms with Crippen LogP contribution in [-0.4, -0.2) is 53.1 Å². The molecule has 1 aromatic rings. The Morgan fingerprint density at radius 3 is 2.70 bits per heavy atom. The van der Waals surface area contributed by atoms with E-state index in [1.165, 1.54) is 15.6 Å². The lowest BCUT2D eigenvalue weighted by atomic mass is 10.1. The number of hydrogen-bond donors (Lipinski definition) is 2. The molecule has 0 aromatic carbocycles. The van der Waals surface area contributed by atoms with E-state index in [-0.39, 0.29) is 18.2 Å². The molecule has 1 aliphatic rings. The van der Waals surface area contributed by atoms with Gasteiger partial charge >= 0.3 is 0 Å². The van der Waals surface area contributed by atoms with E-state index < -0.39 is 20.0 Å². The van der Waals surface area contributed by atoms with Gasteiger partial charge in [0, 0.05) is 24.5 Å². The smallest absolute Gasteiger partial charge is 0.252 e. The summed E-state index contributed by atoms with van der Waals surface area (Å²) in [7, 11) is -6.68. The standard InChI is InChI=1S/C13H23N3O4S3/c1-2-22(17,18)15-7-5-12-3-4-13(21-12)23(19,20)16-8-6-11(9-14)10-16/h3-4,11,15H,2,5-10,14H2,1H3. The Balaban J connectivity index is 1.98. The van der Waals surface area contributed by atoms with Crippen LogP contribution in [0.1, 0.15) is 18.2 Å². The minimum Gasteiger partial charge on any atom is -0.330 e. The highest BCUT2D eigenvalue weighted by atomic mass is 32.2. The molecule has 0 saturated carbocycles. The zero-order valence-electron chi connectivity index (χ0n) is 13.1. The fourth-order valence-electron chi connectivity index (χ4n) is 2.40. The summed E-state index contributed by atoms with van der Waals surface area (Å²) in [5.74, 6) is 0.265. The molecule has 0 bridgehead atoms. The lowest BCUT2D eigenvalue weighted by Crippen LogP contribution is -2.29. The monoisotopic (exact) mass is 381 g/mol. The zero-order valence-corrected chi connectivity index (χ0v) is 15.5. The maximum absolute atomic E-state index is 12.6. The summed E-state index contributed by atoms with van der Waals surface area (Å²) in [6.45, 7) is 3.33. The van der Waals surface area contributed by atoms with Crippen LogP contribution in [0.15, 0.2) is 16.3 Å². The predicted molar refractivity (Wildman–Crippen MR) is 91.4 cm³/mol. The van der Waals surface area contributed by atoms with E-state index in [0.717, 1.165) is 11.3 Å². The van der Waals surface area contributed by atoms with Crippen molar-refractivity contribution in [3.63, 3.8) is 0 Å². The van der Waals surface area contributed by atoms with Crippen LogP contribution in [0.4, 0.5) is 0 Å². The first-order chi connectivity index (χ1) is 10.8. The summed E-state index contributed by atoms with van der Waals surface area (Å²) < 4.78 is 52.2. The number of nitrogens with zero attached hydrogens (tertiary/aromatic N) is 1. The molecule has 0 radical (unpaired) electrons. The van der Waals surface area contributed by atoms with Crippen molar-refractivity contribution in [2.75, 3.05) is 31.9 Å². The Bertz CT molecular complexity index is 727. The van der Waals surface area contributed by atoms with Crippen molar-refractivity contribution in [2.24, 2.45) is 11.7 Å². The molecule has 1 saturated heterocycles. The van der Waals surface area contributed by atoms with Gasteiger partial charge in [0.05, 0.1) is 5.75 Å². The van der Waals surface area contributed by atoms with Crippen molar-refractivity contribution in [3.05, 3.63) is 17.0 Å². The topological polar surface area (TPSA) is 110 Å². The third-order valence-electron chi connectivity index (χ3n) is 3.89. The van der Waals surface area contributed by atoms with Gasteiger partial charge in [-0.15, -0.1) is 11.3 Å². The van der Waals surface area contributed by atoms with E-state index in [4.69, 9.17) is 5.73 Å². The van der Waals surface area contributed by atoms with E-state index in [1.54, 1.807) is 19.1 Å². The summed E-state index contributed by atoms with van der Waals surface area (Å²) in [6, 6.07) is 3.34. The molecule has 0 aliphatic carbocycles. The van der Waals surface area contributed by atoms with Crippen LogP contribution in [0.25, 0.3) is 0 Å². The van der Waals surface area contributed by atoms with Gasteiger partial charge in [0.2, 0.25) is 10.0 Å². The molecule has 1 atom stereocenters. The summed E-state index contributed by atoms with van der Waals surface area (Å²) in [5, 5.41) is 0. The molecule has 2 rings (SSSR count). The van der Waals surface area contributed by atoms with Crippen molar-refractivity contribution in [1.29, 1.82) is 0 Å². The molecule has 7 nitrogen and oxygen atoms in total. The third kappa shape index (κ3) is 4.74. The van der Waals surface area contributed by atoms with Gasteiger partial charge < -0.3 is 5.73 Å². The minimum absolute atomic E-state index is 0.0361. The Morgan fingerprint density at radius 2 is 2.09 bits per heavy atom. The molecule has 1 fully saturated rings. The van der Waals surface area contributed by atoms with Crippen LogP contribution in [0.5, 0.6) is 0 Å². The molecule has 2 heterocycles. The van der Waals surface area contributed by atoms with Gasteiger partial charge in [-0.2, -0.15) is 4.31 Å². The maximum atomic E-state index is 12.6. The molecule has 3 N–H and O–H groups in total. The second kappa shape index (κ2) is 7.58. The normalized spacial score (nSPS) is 20.2. The van der Waals surface area contributed by atoms with Crippen LogP contribution in [0, 0.1) is 5.92 Å². The first-order valence-electron chi connectivity index (χ1n) is 7.54. The third-order valence-corrected chi connectivity index (χ3v) is 8.77. The van der Waals surface area contributed by atoms with Gasteiger partial charge in [-0.05, 0) is 44.4 Å². The van der Waals surface area contributed by atoms with E-state index in [1.807, 2.05) is 0 Å². The van der Waals surface area contributed by atoms with Crippen molar-refractivity contribution in [3.8, 4) is 0 Å². The van der Waals surface area contributed by atoms with Crippen LogP contribution in [0.2, 0.25) is 0 Å². The average Bonchev–Trinajstić information content (AvgIpc) is 3.16. The van der Waals surface area contributed by atoms with E-state index in [0.29, 0.717) is 30.3 Å². The van der Waals surface area contributed by atoms with Crippen LogP contribution >= 0.6 is 11.3 Å². The van der Waals surface area contributed by atoms with Crippen LogP contribution < -0.4 is 10.5 Å². The Hall–Kier alpha value is -0.520. The SMILES string of the molecule is CCS(=O)(=O)NCCc1ccc(S(=O)(=O)N2CCC(CN)C2)s1. The first-order valence-corrected chi connectivity index (χ1v) is 11.5. The van der Waals surface area contributed by atoms with Crippen LogP contribution in [0.3, 0.4) is 0 Å². The molecule has 1 unspecified atom stereocenters. The number of hydrogen-bond acceptors (Lipinski definition) is 6. The Morgan fingerprint density at radius 1 is 1.35 bits per heavy atom. The lowest BCUT2D eigenvalue weighted by molar-refractivity contribution is 0.460. The number of thiophene rings is 1. The van der Waals surface area contributed by atoms with E-state index in [9.17, 15) is 16.8 Å². The summed E-state index contributed by atoms with van der Waals surface area (Å²) in [6.07, 6.45) is 1.28. The quantitative estimate of drug-likeness (QED) is 0.668. The van der Waals surface area contributed by atoms with Gasteiger partial charge in [-0.1, -0.05) is 0 Å². The maximum Gasteiger partial charge on any atom is 0.252 e. The molecular formula is C13H23N3O4S3. The molecule has 0 spiro atoms. The fraction of sp³-hybridized carbons (Fsp3) is 0.692. The second-order valence-electron chi connectivity index (χ2n) is 5.52. The van der Waals surface area contributed by atoms with E-state index >= 15 is 0 Å². The molecular weight excluding hydrogens is 358 g/mol. The molecule has 0 amide bonds. The first kappa shape index (κ1) is 18.8. The van der Waals surface area contributed by atoms with Gasteiger partial charge in [-0.25, -0.2) is 21.6 Å². The number of nitrogens with one attached hydrogen (secondary N) is 1. The van der Waals surface area contributed by atoms with Gasteiger partial charge in [0.1, 0.15) is 4.21 Å². The number of nitrogens with two attached hydrogens (primary N) is 1. The highest BCUT2D eigenvalue weighted by molar-refractivity contribution is 7.91. The van der Waals surface area contributed by atoms with Crippen molar-refractivity contribution in [1.82, 2.24) is 9.03 Å². The highest BCUT2D eigenvalue weighted by Crippen LogP contribution is 2.28. The van der Waals surface area contributed by atoms with Crippen molar-refractivity contribution < 1.29 is 16.8 Å². The van der Waals surface area contributed by atoms with Gasteiger partial charge in [0.25, 0.3) is 10.0 Å². The zero-order chi connectivity index (χ0) is 17.1. The molecule has 10 heteroatoms. The van der Waals surface area contributed by atoms with Gasteiger partial charge in [-0.3, -0.25) is 0 Å². The second-order valence-corrected chi connectivity index (χ2v) is 11.0. The minimum atomic E-state index is -3.46. The van der Waals surface area contributed by atoms with Gasteiger partial charge in [0.15, 0.2) is 0 Å². The Labute approximate surface area is 142 Å². The Kier molecular flexibility index (Phi) is 6.20. The molecule has 1 aromatic heterocycles. The largest absolute Gasteiger partial charge is 0.330 e. The molecule has 1 aliphatic heterocycles. The number of rotatable bonds is 8. The van der Waals surface area contributed by atoms with E-state index in [2.05, 4.69) is 4.72 Å².